The van der Waals surface area contributed by atoms with Gasteiger partial charge in [0.15, 0.2) is 0 Å². The number of aromatic nitrogens is 5. The fourth-order valence-electron chi connectivity index (χ4n) is 13.8. The topological polar surface area (TPSA) is 64.5 Å². The molecule has 0 N–H and O–H groups in total. The summed E-state index contributed by atoms with van der Waals surface area (Å²) in [5, 5.41) is 0. The lowest BCUT2D eigenvalue weighted by atomic mass is 9.99. The lowest BCUT2D eigenvalue weighted by Gasteiger charge is -2.10. The highest BCUT2D eigenvalue weighted by molar-refractivity contribution is 5.81. The zero-order valence-electron chi connectivity index (χ0n) is 54.4. The van der Waals surface area contributed by atoms with E-state index in [0.717, 1.165) is 49.2 Å². The van der Waals surface area contributed by atoms with E-state index in [1.165, 1.54) is 207 Å². The highest BCUT2D eigenvalue weighted by atomic mass is 14.7. The number of pyridine rings is 5. The van der Waals surface area contributed by atoms with E-state index < -0.39 is 0 Å². The highest BCUT2D eigenvalue weighted by Gasteiger charge is 2.29. The van der Waals surface area contributed by atoms with E-state index >= 15 is 0 Å². The van der Waals surface area contributed by atoms with Crippen LogP contribution in [0.3, 0.4) is 0 Å². The SMILES string of the molecule is Cc1cc(C)c2c(c1)Cc1c-2ncc(C)c1C.Cc1ccc2c(c1)-c1nc(C)c(C)c(C)c1C2.Cc1ccc2c(c1)Cc1c-2nc(C)c(C)c1C.Cc1cccc2c1Cc1c-2nc(C)c(C)c1C.Cc1cnc2c(c1C)Cc1ccc(C)c(C)c1-2. The molecule has 0 radical (unpaired) electrons. The molecule has 5 aromatic carbocycles. The summed E-state index contributed by atoms with van der Waals surface area (Å²) >= 11 is 0. The summed E-state index contributed by atoms with van der Waals surface area (Å²) in [6, 6.07) is 29.0. The van der Waals surface area contributed by atoms with Gasteiger partial charge in [-0.05, 0) is 278 Å². The molecule has 5 heterocycles. The third kappa shape index (κ3) is 10.5. The van der Waals surface area contributed by atoms with Gasteiger partial charge in [0.1, 0.15) is 0 Å². The molecular weight excluding hydrogens is 1030 g/mol. The number of rotatable bonds is 0. The number of fused-ring (bicyclic) bond motifs is 15. The fraction of sp³-hybridized carbons (Fsp3) is 0.312. The zero-order chi connectivity index (χ0) is 60.8. The molecule has 0 spiro atoms. The van der Waals surface area contributed by atoms with Crippen molar-refractivity contribution in [2.24, 2.45) is 0 Å². The van der Waals surface area contributed by atoms with Crippen molar-refractivity contribution in [3.05, 3.63) is 259 Å². The molecule has 0 atom stereocenters. The van der Waals surface area contributed by atoms with Gasteiger partial charge >= 0.3 is 0 Å². The maximum Gasteiger partial charge on any atom is 0.0746 e. The first-order chi connectivity index (χ1) is 40.4. The zero-order valence-corrected chi connectivity index (χ0v) is 54.4. The lowest BCUT2D eigenvalue weighted by molar-refractivity contribution is 1.08. The van der Waals surface area contributed by atoms with Gasteiger partial charge in [-0.1, -0.05) is 89.5 Å². The Kier molecular flexibility index (Phi) is 15.6. The Morgan fingerprint density at radius 3 is 1.32 bits per heavy atom. The minimum atomic E-state index is 1.05. The van der Waals surface area contributed by atoms with Crippen LogP contribution in [-0.4, -0.2) is 24.9 Å². The Labute approximate surface area is 507 Å². The molecule has 0 amide bonds. The van der Waals surface area contributed by atoms with Crippen LogP contribution in [0.5, 0.6) is 0 Å². The molecule has 10 aromatic rings. The predicted molar refractivity (Wildman–Crippen MR) is 357 cm³/mol. The van der Waals surface area contributed by atoms with Gasteiger partial charge in [0.05, 0.1) is 28.5 Å². The Bertz CT molecular complexity index is 4420. The van der Waals surface area contributed by atoms with Gasteiger partial charge in [-0.25, -0.2) is 0 Å². The summed E-state index contributed by atoms with van der Waals surface area (Å²) in [6.07, 6.45) is 9.25. The number of hydrogen-bond acceptors (Lipinski definition) is 5. The Balaban J connectivity index is 0.000000111. The average Bonchev–Trinajstić information content (AvgIpc) is 2.74. The maximum atomic E-state index is 4.80. The first-order valence-corrected chi connectivity index (χ1v) is 30.7. The summed E-state index contributed by atoms with van der Waals surface area (Å²) in [7, 11) is 0. The maximum absolute atomic E-state index is 4.80. The first-order valence-electron chi connectivity index (χ1n) is 30.7. The van der Waals surface area contributed by atoms with E-state index in [-0.39, 0.29) is 0 Å². The number of hydrogen-bond donors (Lipinski definition) is 0. The minimum absolute atomic E-state index is 1.05. The van der Waals surface area contributed by atoms with Crippen molar-refractivity contribution in [3.63, 3.8) is 0 Å². The van der Waals surface area contributed by atoms with Crippen LogP contribution in [-0.2, 0) is 32.1 Å². The van der Waals surface area contributed by atoms with Crippen LogP contribution in [0.4, 0.5) is 0 Å². The molecular formula is C80H85N5. The van der Waals surface area contributed by atoms with E-state index in [9.17, 15) is 0 Å². The molecule has 0 unspecified atom stereocenters. The average molecular weight is 1120 g/mol. The van der Waals surface area contributed by atoms with Gasteiger partial charge in [-0.2, -0.15) is 0 Å². The molecule has 5 heteroatoms. The van der Waals surface area contributed by atoms with E-state index in [0.29, 0.717) is 0 Å². The number of nitrogens with zero attached hydrogens (tertiary/aromatic N) is 5. The van der Waals surface area contributed by atoms with Gasteiger partial charge in [0.2, 0.25) is 0 Å². The third-order valence-corrected chi connectivity index (χ3v) is 20.2. The molecule has 0 fully saturated rings. The first kappa shape index (κ1) is 58.6. The van der Waals surface area contributed by atoms with E-state index in [1.807, 2.05) is 12.4 Å². The van der Waals surface area contributed by atoms with E-state index in [4.69, 9.17) is 15.0 Å². The van der Waals surface area contributed by atoms with Crippen LogP contribution < -0.4 is 0 Å². The third-order valence-electron chi connectivity index (χ3n) is 20.2. The summed E-state index contributed by atoms with van der Waals surface area (Å²) < 4.78 is 0. The fourth-order valence-corrected chi connectivity index (χ4v) is 13.8. The summed E-state index contributed by atoms with van der Waals surface area (Å²) in [6.45, 7) is 43.5. The van der Waals surface area contributed by atoms with Crippen molar-refractivity contribution < 1.29 is 0 Å². The van der Waals surface area contributed by atoms with Crippen molar-refractivity contribution in [1.29, 1.82) is 0 Å². The molecule has 0 saturated heterocycles. The molecule has 5 aliphatic rings. The highest BCUT2D eigenvalue weighted by Crippen LogP contribution is 2.44. The molecule has 85 heavy (non-hydrogen) atoms. The summed E-state index contributed by atoms with van der Waals surface area (Å²) in [4.78, 5) is 23.7. The van der Waals surface area contributed by atoms with Gasteiger partial charge in [-0.3, -0.25) is 24.9 Å². The second-order valence-electron chi connectivity index (χ2n) is 25.6. The lowest BCUT2D eigenvalue weighted by Crippen LogP contribution is -1.97. The predicted octanol–water partition coefficient (Wildman–Crippen LogP) is 19.4. The molecule has 0 saturated carbocycles. The second-order valence-corrected chi connectivity index (χ2v) is 25.6. The number of aryl methyl sites for hydroxylation is 11. The Morgan fingerprint density at radius 2 is 0.718 bits per heavy atom. The van der Waals surface area contributed by atoms with Gasteiger partial charge in [-0.15, -0.1) is 0 Å². The molecule has 0 aliphatic heterocycles. The Hall–Kier alpha value is -8.15. The molecule has 15 rings (SSSR count). The van der Waals surface area contributed by atoms with Crippen molar-refractivity contribution >= 4 is 0 Å². The largest absolute Gasteiger partial charge is 0.256 e. The van der Waals surface area contributed by atoms with Crippen molar-refractivity contribution in [2.75, 3.05) is 0 Å². The van der Waals surface area contributed by atoms with Gasteiger partial charge in [0, 0.05) is 89.4 Å². The summed E-state index contributed by atoms with van der Waals surface area (Å²) in [5.74, 6) is 0. The van der Waals surface area contributed by atoms with Crippen LogP contribution in [0.25, 0.3) is 56.3 Å². The monoisotopic (exact) mass is 1120 g/mol. The van der Waals surface area contributed by atoms with Crippen LogP contribution in [0.15, 0.2) is 91.3 Å². The van der Waals surface area contributed by atoms with Crippen LogP contribution in [0, 0.1) is 138 Å². The van der Waals surface area contributed by atoms with E-state index in [2.05, 4.69) is 227 Å². The normalized spacial score (nSPS) is 12.5. The van der Waals surface area contributed by atoms with Crippen LogP contribution in [0.2, 0.25) is 0 Å². The minimum Gasteiger partial charge on any atom is -0.256 e. The smallest absolute Gasteiger partial charge is 0.0746 e. The standard InChI is InChI=1S/5C16H17N/c1-9-5-10(2)15-13(6-9)7-14-12(4)11(3)8-17-16(14)15;1-9-5-6-13-7-14-11(3)10(2)8-17-16(14)15(13)12(9)4;1-9-5-6-14-13(7-9)8-15-11(3)10(2)12(4)17-16(14)15;1-9-5-6-13-8-14-11(3)10(2)12(4)17-16(14)15(13)7-9;1-9-6-5-7-13-14(9)8-15-11(3)10(2)12(4)17-16(13)15/h2*5-6,8H,7H2,1-4H3;3*5-7H,8H2,1-4H3. The molecule has 0 bridgehead atoms. The van der Waals surface area contributed by atoms with Gasteiger partial charge in [0.25, 0.3) is 0 Å². The van der Waals surface area contributed by atoms with Gasteiger partial charge < -0.3 is 0 Å². The molecule has 5 aliphatic carbocycles. The Morgan fingerprint density at radius 1 is 0.259 bits per heavy atom. The molecule has 5 nitrogen and oxygen atoms in total. The van der Waals surface area contributed by atoms with E-state index in [1.54, 1.807) is 0 Å². The molecule has 430 valence electrons. The quantitative estimate of drug-likeness (QED) is 0.151. The van der Waals surface area contributed by atoms with Crippen LogP contribution in [0.1, 0.15) is 167 Å². The van der Waals surface area contributed by atoms with Crippen molar-refractivity contribution in [1.82, 2.24) is 24.9 Å². The van der Waals surface area contributed by atoms with Crippen molar-refractivity contribution in [2.45, 2.75) is 171 Å². The second kappa shape index (κ2) is 22.7. The van der Waals surface area contributed by atoms with Crippen molar-refractivity contribution in [3.8, 4) is 56.3 Å². The van der Waals surface area contributed by atoms with Crippen LogP contribution >= 0.6 is 0 Å². The summed E-state index contributed by atoms with van der Waals surface area (Å²) in [5.41, 5.74) is 53.8. The molecule has 5 aromatic heterocycles. The number of benzene rings is 5.